The summed E-state index contributed by atoms with van der Waals surface area (Å²) < 4.78 is 13.8. The molecular formula is C18H31FN2. The van der Waals surface area contributed by atoms with Crippen LogP contribution in [-0.4, -0.2) is 26.2 Å². The number of nitrogens with one attached hydrogen (secondary N) is 1. The maximum atomic E-state index is 13.8. The van der Waals surface area contributed by atoms with Crippen molar-refractivity contribution in [2.45, 2.75) is 46.5 Å². The number of halogens is 1. The van der Waals surface area contributed by atoms with E-state index in [1.54, 1.807) is 12.1 Å². The standard InChI is InChI=1S/C18H31FN2/c1-4-21(18-12-8-7-11-17(18)19)14-10-6-5-9-13-20-15-16(2)3/h7-8,11-12,16,20H,4-6,9-10,13-15H2,1-3H3. The minimum Gasteiger partial charge on any atom is -0.369 e. The van der Waals surface area contributed by atoms with Crippen LogP contribution in [0.1, 0.15) is 46.5 Å². The zero-order chi connectivity index (χ0) is 15.5. The Morgan fingerprint density at radius 3 is 2.48 bits per heavy atom. The molecular weight excluding hydrogens is 263 g/mol. The lowest BCUT2D eigenvalue weighted by Gasteiger charge is -2.23. The molecule has 1 N–H and O–H groups in total. The topological polar surface area (TPSA) is 15.3 Å². The lowest BCUT2D eigenvalue weighted by molar-refractivity contribution is 0.525. The third-order valence-electron chi connectivity index (χ3n) is 3.66. The minimum absolute atomic E-state index is 0.114. The number of rotatable bonds is 11. The van der Waals surface area contributed by atoms with E-state index < -0.39 is 0 Å². The van der Waals surface area contributed by atoms with E-state index >= 15 is 0 Å². The number of nitrogens with zero attached hydrogens (tertiary/aromatic N) is 1. The molecule has 0 radical (unpaired) electrons. The Labute approximate surface area is 129 Å². The van der Waals surface area contributed by atoms with Gasteiger partial charge in [-0.05, 0) is 50.9 Å². The molecule has 1 aromatic rings. The van der Waals surface area contributed by atoms with Crippen LogP contribution >= 0.6 is 0 Å². The van der Waals surface area contributed by atoms with Crippen molar-refractivity contribution >= 4 is 5.69 Å². The van der Waals surface area contributed by atoms with Crippen molar-refractivity contribution in [3.63, 3.8) is 0 Å². The van der Waals surface area contributed by atoms with Crippen LogP contribution in [0.25, 0.3) is 0 Å². The quantitative estimate of drug-likeness (QED) is 0.606. The molecule has 1 aromatic carbocycles. The van der Waals surface area contributed by atoms with E-state index in [2.05, 4.69) is 31.0 Å². The average Bonchev–Trinajstić information content (AvgIpc) is 2.46. The third-order valence-corrected chi connectivity index (χ3v) is 3.66. The second-order valence-corrected chi connectivity index (χ2v) is 6.04. The molecule has 0 fully saturated rings. The van der Waals surface area contributed by atoms with Crippen LogP contribution in [0.5, 0.6) is 0 Å². The summed E-state index contributed by atoms with van der Waals surface area (Å²) in [6, 6.07) is 7.06. The van der Waals surface area contributed by atoms with Gasteiger partial charge >= 0.3 is 0 Å². The number of hydrogen-bond donors (Lipinski definition) is 1. The number of hydrogen-bond acceptors (Lipinski definition) is 2. The highest BCUT2D eigenvalue weighted by molar-refractivity contribution is 5.47. The van der Waals surface area contributed by atoms with Crippen molar-refractivity contribution in [1.29, 1.82) is 0 Å². The monoisotopic (exact) mass is 294 g/mol. The first-order chi connectivity index (χ1) is 10.1. The summed E-state index contributed by atoms with van der Waals surface area (Å²) in [6.45, 7) is 10.6. The first-order valence-electron chi connectivity index (χ1n) is 8.35. The van der Waals surface area contributed by atoms with Crippen molar-refractivity contribution in [3.8, 4) is 0 Å². The van der Waals surface area contributed by atoms with Gasteiger partial charge in [-0.25, -0.2) is 4.39 Å². The molecule has 120 valence electrons. The molecule has 3 heteroatoms. The fraction of sp³-hybridized carbons (Fsp3) is 0.667. The third kappa shape index (κ3) is 7.47. The van der Waals surface area contributed by atoms with Crippen molar-refractivity contribution in [2.24, 2.45) is 5.92 Å². The summed E-state index contributed by atoms with van der Waals surface area (Å²) in [6.07, 6.45) is 4.83. The van der Waals surface area contributed by atoms with Crippen LogP contribution in [0.3, 0.4) is 0 Å². The van der Waals surface area contributed by atoms with Gasteiger partial charge in [0.2, 0.25) is 0 Å². The molecule has 0 aliphatic rings. The highest BCUT2D eigenvalue weighted by Crippen LogP contribution is 2.19. The highest BCUT2D eigenvalue weighted by Gasteiger charge is 2.08. The smallest absolute Gasteiger partial charge is 0.146 e. The van der Waals surface area contributed by atoms with Gasteiger partial charge in [0.25, 0.3) is 0 Å². The van der Waals surface area contributed by atoms with Gasteiger partial charge in [0.05, 0.1) is 5.69 Å². The lowest BCUT2D eigenvalue weighted by Crippen LogP contribution is -2.25. The fourth-order valence-electron chi connectivity index (χ4n) is 2.45. The van der Waals surface area contributed by atoms with Crippen LogP contribution in [0.15, 0.2) is 24.3 Å². The number of unbranched alkanes of at least 4 members (excludes halogenated alkanes) is 3. The summed E-state index contributed by atoms with van der Waals surface area (Å²) in [5.41, 5.74) is 0.735. The van der Waals surface area contributed by atoms with E-state index in [-0.39, 0.29) is 5.82 Å². The van der Waals surface area contributed by atoms with Crippen LogP contribution in [-0.2, 0) is 0 Å². The minimum atomic E-state index is -0.114. The van der Waals surface area contributed by atoms with Crippen molar-refractivity contribution in [3.05, 3.63) is 30.1 Å². The van der Waals surface area contributed by atoms with Gasteiger partial charge in [-0.1, -0.05) is 38.8 Å². The van der Waals surface area contributed by atoms with Gasteiger partial charge in [0.15, 0.2) is 0 Å². The highest BCUT2D eigenvalue weighted by atomic mass is 19.1. The van der Waals surface area contributed by atoms with E-state index in [0.29, 0.717) is 0 Å². The second kappa shape index (κ2) is 10.6. The van der Waals surface area contributed by atoms with Crippen LogP contribution in [0, 0.1) is 11.7 Å². The van der Waals surface area contributed by atoms with Crippen molar-refractivity contribution in [1.82, 2.24) is 5.32 Å². The Morgan fingerprint density at radius 1 is 1.10 bits per heavy atom. The van der Waals surface area contributed by atoms with Gasteiger partial charge in [-0.15, -0.1) is 0 Å². The molecule has 0 saturated heterocycles. The molecule has 0 aliphatic carbocycles. The molecule has 0 amide bonds. The molecule has 0 heterocycles. The Hall–Kier alpha value is -1.09. The summed E-state index contributed by atoms with van der Waals surface area (Å²) in [7, 11) is 0. The predicted octanol–water partition coefficient (Wildman–Crippen LogP) is 4.46. The zero-order valence-electron chi connectivity index (χ0n) is 13.9. The van der Waals surface area contributed by atoms with E-state index in [0.717, 1.165) is 44.2 Å². The molecule has 1 rings (SSSR count). The summed E-state index contributed by atoms with van der Waals surface area (Å²) >= 11 is 0. The first kappa shape index (κ1) is 18.0. The number of benzene rings is 1. The van der Waals surface area contributed by atoms with Gasteiger partial charge in [0, 0.05) is 13.1 Å². The largest absolute Gasteiger partial charge is 0.369 e. The van der Waals surface area contributed by atoms with E-state index in [4.69, 9.17) is 0 Å². The maximum absolute atomic E-state index is 13.8. The van der Waals surface area contributed by atoms with Crippen LogP contribution in [0.4, 0.5) is 10.1 Å². The second-order valence-electron chi connectivity index (χ2n) is 6.04. The SMILES string of the molecule is CCN(CCCCCCNCC(C)C)c1ccccc1F. The zero-order valence-corrected chi connectivity index (χ0v) is 13.9. The Morgan fingerprint density at radius 2 is 1.81 bits per heavy atom. The first-order valence-corrected chi connectivity index (χ1v) is 8.35. The molecule has 0 bridgehead atoms. The van der Waals surface area contributed by atoms with Crippen molar-refractivity contribution in [2.75, 3.05) is 31.1 Å². The summed E-state index contributed by atoms with van der Waals surface area (Å²) in [4.78, 5) is 2.13. The fourth-order valence-corrected chi connectivity index (χ4v) is 2.45. The molecule has 21 heavy (non-hydrogen) atoms. The Kier molecular flexibility index (Phi) is 9.07. The molecule has 0 unspecified atom stereocenters. The molecule has 0 aliphatic heterocycles. The maximum Gasteiger partial charge on any atom is 0.146 e. The normalized spacial score (nSPS) is 11.1. The Balaban J connectivity index is 2.15. The predicted molar refractivity (Wildman–Crippen MR) is 90.5 cm³/mol. The van der Waals surface area contributed by atoms with Gasteiger partial charge in [-0.3, -0.25) is 0 Å². The van der Waals surface area contributed by atoms with E-state index in [9.17, 15) is 4.39 Å². The van der Waals surface area contributed by atoms with Gasteiger partial charge < -0.3 is 10.2 Å². The van der Waals surface area contributed by atoms with Crippen LogP contribution in [0.2, 0.25) is 0 Å². The lowest BCUT2D eigenvalue weighted by atomic mass is 10.1. The number of para-hydroxylation sites is 1. The van der Waals surface area contributed by atoms with E-state index in [1.807, 2.05) is 12.1 Å². The summed E-state index contributed by atoms with van der Waals surface area (Å²) in [5, 5.41) is 3.47. The van der Waals surface area contributed by atoms with Crippen LogP contribution < -0.4 is 10.2 Å². The van der Waals surface area contributed by atoms with Gasteiger partial charge in [0.1, 0.15) is 5.82 Å². The van der Waals surface area contributed by atoms with E-state index in [1.165, 1.54) is 19.3 Å². The Bertz CT molecular complexity index is 379. The molecule has 2 nitrogen and oxygen atoms in total. The molecule has 0 aromatic heterocycles. The van der Waals surface area contributed by atoms with Crippen molar-refractivity contribution < 1.29 is 4.39 Å². The average molecular weight is 294 g/mol. The summed E-state index contributed by atoms with van der Waals surface area (Å²) in [5.74, 6) is 0.612. The molecule has 0 spiro atoms. The van der Waals surface area contributed by atoms with Gasteiger partial charge in [-0.2, -0.15) is 0 Å². The molecule has 0 saturated carbocycles. The number of anilines is 1. The molecule has 0 atom stereocenters.